The summed E-state index contributed by atoms with van der Waals surface area (Å²) in [6, 6.07) is 0.603. The largest absolute Gasteiger partial charge is 0.378 e. The van der Waals surface area contributed by atoms with Crippen LogP contribution < -0.4 is 0 Å². The van der Waals surface area contributed by atoms with Crippen LogP contribution >= 0.6 is 11.9 Å². The Morgan fingerprint density at radius 1 is 1.54 bits per heavy atom. The molecule has 1 aliphatic heterocycles. The Hall–Kier alpha value is 0.230. The summed E-state index contributed by atoms with van der Waals surface area (Å²) in [6.07, 6.45) is 3.35. The summed E-state index contributed by atoms with van der Waals surface area (Å²) >= 11 is 1.84. The number of nitrogens with zero attached hydrogens (tertiary/aromatic N) is 2. The molecule has 0 aromatic rings. The van der Waals surface area contributed by atoms with Crippen LogP contribution in [0.15, 0.2) is 0 Å². The van der Waals surface area contributed by atoms with E-state index in [-0.39, 0.29) is 0 Å². The minimum atomic E-state index is 0.603. The van der Waals surface area contributed by atoms with E-state index in [1.807, 2.05) is 11.9 Å². The van der Waals surface area contributed by atoms with Gasteiger partial charge < -0.3 is 9.64 Å². The molecule has 13 heavy (non-hydrogen) atoms. The highest BCUT2D eigenvalue weighted by Gasteiger charge is 2.21. The van der Waals surface area contributed by atoms with Crippen LogP contribution in [0, 0.1) is 0 Å². The molecule has 0 saturated carbocycles. The van der Waals surface area contributed by atoms with Gasteiger partial charge in [0.1, 0.15) is 0 Å². The lowest BCUT2D eigenvalue weighted by Gasteiger charge is -2.34. The molecule has 0 aromatic heterocycles. The topological polar surface area (TPSA) is 15.7 Å². The van der Waals surface area contributed by atoms with Crippen molar-refractivity contribution >= 4 is 11.9 Å². The smallest absolute Gasteiger partial charge is 0.0632 e. The van der Waals surface area contributed by atoms with Gasteiger partial charge in [-0.1, -0.05) is 11.9 Å². The van der Waals surface area contributed by atoms with Crippen LogP contribution in [0.4, 0.5) is 0 Å². The first kappa shape index (κ1) is 11.3. The number of hydrogen-bond acceptors (Lipinski definition) is 4. The second-order valence-corrected chi connectivity index (χ2v) is 4.48. The van der Waals surface area contributed by atoms with Crippen molar-refractivity contribution in [3.8, 4) is 0 Å². The first-order valence-corrected chi connectivity index (χ1v) is 5.95. The summed E-state index contributed by atoms with van der Waals surface area (Å²) in [4.78, 5) is 2.23. The molecule has 1 aliphatic rings. The van der Waals surface area contributed by atoms with Crippen LogP contribution in [0.3, 0.4) is 0 Å². The molecule has 0 radical (unpaired) electrons. The average molecular weight is 204 g/mol. The Morgan fingerprint density at radius 3 is 2.92 bits per heavy atom. The lowest BCUT2D eigenvalue weighted by Crippen LogP contribution is -2.42. The third kappa shape index (κ3) is 3.85. The molecule has 0 amide bonds. The summed E-state index contributed by atoms with van der Waals surface area (Å²) in [5.41, 5.74) is 0. The summed E-state index contributed by atoms with van der Waals surface area (Å²) in [5, 5.41) is 0. The molecule has 0 aliphatic carbocycles. The normalized spacial score (nSPS) is 25.4. The van der Waals surface area contributed by atoms with E-state index in [1.54, 1.807) is 0 Å². The second-order valence-electron chi connectivity index (χ2n) is 3.64. The number of ether oxygens (including phenoxy) is 1. The van der Waals surface area contributed by atoms with Gasteiger partial charge in [-0.25, -0.2) is 4.31 Å². The van der Waals surface area contributed by atoms with Crippen molar-refractivity contribution in [3.63, 3.8) is 0 Å². The Kier molecular flexibility index (Phi) is 5.09. The van der Waals surface area contributed by atoms with E-state index in [2.05, 4.69) is 29.6 Å². The van der Waals surface area contributed by atoms with Gasteiger partial charge in [0.2, 0.25) is 0 Å². The monoisotopic (exact) mass is 204 g/mol. The third-order valence-corrected chi connectivity index (χ3v) is 3.27. The highest BCUT2D eigenvalue weighted by Crippen LogP contribution is 2.17. The minimum absolute atomic E-state index is 0.603. The van der Waals surface area contributed by atoms with Crippen molar-refractivity contribution < 1.29 is 4.74 Å². The zero-order chi connectivity index (χ0) is 9.68. The predicted octanol–water partition coefficient (Wildman–Crippen LogP) is 0.917. The molecule has 1 saturated heterocycles. The maximum absolute atomic E-state index is 5.47. The fourth-order valence-corrected chi connectivity index (χ4v) is 2.24. The fraction of sp³-hybridized carbons (Fsp3) is 1.00. The Labute approximate surface area is 85.5 Å². The Morgan fingerprint density at radius 2 is 2.31 bits per heavy atom. The van der Waals surface area contributed by atoms with Crippen molar-refractivity contribution in [2.75, 3.05) is 46.7 Å². The van der Waals surface area contributed by atoms with Crippen LogP contribution in [0.2, 0.25) is 0 Å². The van der Waals surface area contributed by atoms with E-state index in [0.29, 0.717) is 6.04 Å². The van der Waals surface area contributed by atoms with Crippen LogP contribution in [0.25, 0.3) is 0 Å². The van der Waals surface area contributed by atoms with Crippen LogP contribution in [-0.2, 0) is 4.74 Å². The molecule has 0 bridgehead atoms. The number of rotatable bonds is 4. The molecule has 1 heterocycles. The van der Waals surface area contributed by atoms with Crippen LogP contribution in [0.1, 0.15) is 6.42 Å². The van der Waals surface area contributed by atoms with Crippen LogP contribution in [-0.4, -0.2) is 61.9 Å². The summed E-state index contributed by atoms with van der Waals surface area (Å²) in [7, 11) is 4.24. The van der Waals surface area contributed by atoms with E-state index >= 15 is 0 Å². The fourth-order valence-electron chi connectivity index (χ4n) is 1.51. The van der Waals surface area contributed by atoms with Gasteiger partial charge in [0, 0.05) is 12.6 Å². The molecule has 0 unspecified atom stereocenters. The maximum Gasteiger partial charge on any atom is 0.0632 e. The lowest BCUT2D eigenvalue weighted by atomic mass is 10.2. The van der Waals surface area contributed by atoms with Crippen molar-refractivity contribution in [1.82, 2.24) is 9.21 Å². The molecular weight excluding hydrogens is 184 g/mol. The van der Waals surface area contributed by atoms with Gasteiger partial charge in [0.25, 0.3) is 0 Å². The summed E-state index contributed by atoms with van der Waals surface area (Å²) < 4.78 is 7.91. The van der Waals surface area contributed by atoms with Gasteiger partial charge in [0.15, 0.2) is 0 Å². The van der Waals surface area contributed by atoms with Crippen LogP contribution in [0.5, 0.6) is 0 Å². The molecule has 1 atom stereocenters. The zero-order valence-corrected chi connectivity index (χ0v) is 9.64. The molecule has 78 valence electrons. The van der Waals surface area contributed by atoms with E-state index in [9.17, 15) is 0 Å². The first-order valence-electron chi connectivity index (χ1n) is 4.77. The van der Waals surface area contributed by atoms with Crippen molar-refractivity contribution in [3.05, 3.63) is 0 Å². The lowest BCUT2D eigenvalue weighted by molar-refractivity contribution is 0.0324. The summed E-state index contributed by atoms with van der Waals surface area (Å²) in [6.45, 7) is 4.00. The highest BCUT2D eigenvalue weighted by molar-refractivity contribution is 7.96. The maximum atomic E-state index is 5.47. The van der Waals surface area contributed by atoms with Gasteiger partial charge in [-0.3, -0.25) is 0 Å². The second kappa shape index (κ2) is 5.86. The average Bonchev–Trinajstić information content (AvgIpc) is 2.15. The van der Waals surface area contributed by atoms with Gasteiger partial charge >= 0.3 is 0 Å². The van der Waals surface area contributed by atoms with E-state index in [1.165, 1.54) is 6.42 Å². The number of morpholine rings is 1. The minimum Gasteiger partial charge on any atom is -0.378 e. The van der Waals surface area contributed by atoms with E-state index in [0.717, 1.165) is 26.3 Å². The predicted molar refractivity (Wildman–Crippen MR) is 58.0 cm³/mol. The quantitative estimate of drug-likeness (QED) is 0.632. The standard InChI is InChI=1S/C9H20N2OS/c1-10(2)5-4-9-8-12-7-6-11(9)13-3/h9H,4-8H2,1-3H3/t9-/m0/s1. The van der Waals surface area contributed by atoms with E-state index in [4.69, 9.17) is 4.74 Å². The summed E-state index contributed by atoms with van der Waals surface area (Å²) in [5.74, 6) is 0. The van der Waals surface area contributed by atoms with Crippen molar-refractivity contribution in [2.24, 2.45) is 0 Å². The molecule has 3 nitrogen and oxygen atoms in total. The van der Waals surface area contributed by atoms with Crippen molar-refractivity contribution in [1.29, 1.82) is 0 Å². The highest BCUT2D eigenvalue weighted by atomic mass is 32.2. The van der Waals surface area contributed by atoms with Gasteiger partial charge in [0.05, 0.1) is 13.2 Å². The Bertz CT molecular complexity index is 144. The molecule has 0 N–H and O–H groups in total. The molecule has 4 heteroatoms. The first-order chi connectivity index (χ1) is 6.24. The van der Waals surface area contributed by atoms with Crippen molar-refractivity contribution in [2.45, 2.75) is 12.5 Å². The van der Waals surface area contributed by atoms with Gasteiger partial charge in [-0.05, 0) is 33.3 Å². The Balaban J connectivity index is 2.27. The zero-order valence-electron chi connectivity index (χ0n) is 8.82. The molecule has 0 spiro atoms. The molecule has 0 aromatic carbocycles. The molecular formula is C9H20N2OS. The number of hydrogen-bond donors (Lipinski definition) is 0. The van der Waals surface area contributed by atoms with Gasteiger partial charge in [-0.2, -0.15) is 0 Å². The molecule has 1 fully saturated rings. The third-order valence-electron chi connectivity index (χ3n) is 2.32. The van der Waals surface area contributed by atoms with Gasteiger partial charge in [-0.15, -0.1) is 0 Å². The molecule has 1 rings (SSSR count). The van der Waals surface area contributed by atoms with E-state index < -0.39 is 0 Å². The SMILES string of the molecule is CSN1CCOC[C@@H]1CCN(C)C.